The smallest absolute Gasteiger partial charge is 0.211 e. The predicted octanol–water partition coefficient (Wildman–Crippen LogP) is 3.12. The molecular weight excluding hydrogens is 348 g/mol. The number of anilines is 1. The van der Waals surface area contributed by atoms with Crippen molar-refractivity contribution in [2.75, 3.05) is 24.7 Å². The second-order valence-corrected chi connectivity index (χ2v) is 9.53. The zero-order valence-electron chi connectivity index (χ0n) is 15.2. The topological polar surface area (TPSA) is 75.2 Å². The minimum atomic E-state index is -3.08. The first-order valence-electron chi connectivity index (χ1n) is 9.47. The molecule has 0 unspecified atom stereocenters. The Kier molecular flexibility index (Phi) is 4.84. The largest absolute Gasteiger partial charge is 0.367 e. The molecule has 0 aromatic carbocycles. The van der Waals surface area contributed by atoms with Crippen LogP contribution in [-0.2, 0) is 10.0 Å². The van der Waals surface area contributed by atoms with Crippen LogP contribution in [-0.4, -0.2) is 48.1 Å². The number of hydrogen-bond acceptors (Lipinski definition) is 5. The van der Waals surface area contributed by atoms with Gasteiger partial charge in [-0.1, -0.05) is 12.8 Å². The molecule has 1 aliphatic heterocycles. The summed E-state index contributed by atoms with van der Waals surface area (Å²) in [5.74, 6) is 1.43. The van der Waals surface area contributed by atoms with E-state index in [2.05, 4.69) is 21.4 Å². The summed E-state index contributed by atoms with van der Waals surface area (Å²) in [6.07, 6.45) is 11.7. The van der Waals surface area contributed by atoms with Crippen LogP contribution >= 0.6 is 0 Å². The summed E-state index contributed by atoms with van der Waals surface area (Å²) >= 11 is 0. The van der Waals surface area contributed by atoms with E-state index < -0.39 is 10.0 Å². The molecule has 140 valence electrons. The van der Waals surface area contributed by atoms with E-state index in [0.29, 0.717) is 19.0 Å². The molecule has 1 aliphatic carbocycles. The molecule has 0 amide bonds. The second-order valence-electron chi connectivity index (χ2n) is 7.55. The van der Waals surface area contributed by atoms with E-state index in [1.54, 1.807) is 4.31 Å². The minimum absolute atomic E-state index is 0.254. The number of piperidine rings is 1. The van der Waals surface area contributed by atoms with E-state index in [-0.39, 0.29) is 6.04 Å². The van der Waals surface area contributed by atoms with Gasteiger partial charge in [0.1, 0.15) is 5.82 Å². The van der Waals surface area contributed by atoms with Crippen LogP contribution in [0.3, 0.4) is 0 Å². The van der Waals surface area contributed by atoms with Gasteiger partial charge in [0.2, 0.25) is 10.0 Å². The highest BCUT2D eigenvalue weighted by atomic mass is 32.2. The van der Waals surface area contributed by atoms with Crippen molar-refractivity contribution in [3.8, 4) is 0 Å². The Labute approximate surface area is 155 Å². The fourth-order valence-electron chi connectivity index (χ4n) is 4.23. The zero-order chi connectivity index (χ0) is 18.1. The molecule has 6 nitrogen and oxygen atoms in total. The van der Waals surface area contributed by atoms with Gasteiger partial charge >= 0.3 is 0 Å². The average molecular weight is 375 g/mol. The van der Waals surface area contributed by atoms with Gasteiger partial charge in [-0.2, -0.15) is 0 Å². The van der Waals surface area contributed by atoms with Crippen LogP contribution < -0.4 is 5.32 Å². The SMILES string of the molecule is CS(=O)(=O)N1CCC(Nc2cc3c(C4CCCC4)nccc3cn2)CC1. The Morgan fingerprint density at radius 3 is 2.54 bits per heavy atom. The molecule has 1 N–H and O–H groups in total. The molecule has 2 fully saturated rings. The molecule has 26 heavy (non-hydrogen) atoms. The number of aromatic nitrogens is 2. The summed E-state index contributed by atoms with van der Waals surface area (Å²) in [7, 11) is -3.08. The normalized spacial score (nSPS) is 20.7. The van der Waals surface area contributed by atoms with E-state index in [0.717, 1.165) is 24.0 Å². The van der Waals surface area contributed by atoms with Gasteiger partial charge in [-0.15, -0.1) is 0 Å². The number of hydrogen-bond donors (Lipinski definition) is 1. The number of rotatable bonds is 4. The lowest BCUT2D eigenvalue weighted by atomic mass is 9.98. The van der Waals surface area contributed by atoms with Crippen LogP contribution in [0.5, 0.6) is 0 Å². The number of nitrogens with zero attached hydrogens (tertiary/aromatic N) is 3. The predicted molar refractivity (Wildman–Crippen MR) is 104 cm³/mol. The molecule has 2 aromatic rings. The first-order valence-corrected chi connectivity index (χ1v) is 11.3. The minimum Gasteiger partial charge on any atom is -0.367 e. The van der Waals surface area contributed by atoms with Crippen LogP contribution in [0.2, 0.25) is 0 Å². The van der Waals surface area contributed by atoms with Crippen molar-refractivity contribution in [3.63, 3.8) is 0 Å². The van der Waals surface area contributed by atoms with Gasteiger partial charge in [0.25, 0.3) is 0 Å². The van der Waals surface area contributed by atoms with Gasteiger partial charge in [0.15, 0.2) is 0 Å². The number of sulfonamides is 1. The first kappa shape index (κ1) is 17.7. The Morgan fingerprint density at radius 2 is 1.85 bits per heavy atom. The molecule has 2 aromatic heterocycles. The van der Waals surface area contributed by atoms with E-state index >= 15 is 0 Å². The highest BCUT2D eigenvalue weighted by Crippen LogP contribution is 2.36. The summed E-state index contributed by atoms with van der Waals surface area (Å²) in [5, 5.41) is 5.84. The molecule has 0 bridgehead atoms. The van der Waals surface area contributed by atoms with Crippen molar-refractivity contribution < 1.29 is 8.42 Å². The van der Waals surface area contributed by atoms with E-state index in [9.17, 15) is 8.42 Å². The quantitative estimate of drug-likeness (QED) is 0.890. The second kappa shape index (κ2) is 7.12. The van der Waals surface area contributed by atoms with Crippen molar-refractivity contribution in [2.24, 2.45) is 0 Å². The third-order valence-corrected chi connectivity index (χ3v) is 7.00. The zero-order valence-corrected chi connectivity index (χ0v) is 16.0. The third-order valence-electron chi connectivity index (χ3n) is 5.70. The average Bonchev–Trinajstić information content (AvgIpc) is 3.15. The summed E-state index contributed by atoms with van der Waals surface area (Å²) in [6.45, 7) is 1.14. The summed E-state index contributed by atoms with van der Waals surface area (Å²) in [4.78, 5) is 9.25. The Balaban J connectivity index is 1.52. The lowest BCUT2D eigenvalue weighted by Gasteiger charge is -2.31. The van der Waals surface area contributed by atoms with E-state index in [1.165, 1.54) is 43.0 Å². The van der Waals surface area contributed by atoms with Gasteiger partial charge in [-0.05, 0) is 37.8 Å². The van der Waals surface area contributed by atoms with E-state index in [1.807, 2.05) is 18.5 Å². The molecule has 2 aliphatic rings. The molecule has 1 saturated heterocycles. The molecule has 0 radical (unpaired) electrons. The Hall–Kier alpha value is -1.73. The number of fused-ring (bicyclic) bond motifs is 1. The summed E-state index contributed by atoms with van der Waals surface area (Å²) in [5.41, 5.74) is 1.21. The van der Waals surface area contributed by atoms with Gasteiger partial charge in [0.05, 0.1) is 11.9 Å². The van der Waals surface area contributed by atoms with Gasteiger partial charge in [0, 0.05) is 48.2 Å². The molecule has 1 saturated carbocycles. The lowest BCUT2D eigenvalue weighted by molar-refractivity contribution is 0.331. The van der Waals surface area contributed by atoms with Gasteiger partial charge in [-0.25, -0.2) is 17.7 Å². The summed E-state index contributed by atoms with van der Waals surface area (Å²) < 4.78 is 24.9. The number of nitrogens with one attached hydrogen (secondary N) is 1. The lowest BCUT2D eigenvalue weighted by Crippen LogP contribution is -2.41. The molecular formula is C19H26N4O2S. The van der Waals surface area contributed by atoms with Crippen LogP contribution in [0, 0.1) is 0 Å². The monoisotopic (exact) mass is 374 g/mol. The van der Waals surface area contributed by atoms with Crippen molar-refractivity contribution in [3.05, 3.63) is 30.2 Å². The van der Waals surface area contributed by atoms with Crippen molar-refractivity contribution in [2.45, 2.75) is 50.5 Å². The maximum atomic E-state index is 11.6. The molecule has 0 spiro atoms. The highest BCUT2D eigenvalue weighted by Gasteiger charge is 2.25. The van der Waals surface area contributed by atoms with Crippen LogP contribution in [0.1, 0.15) is 50.1 Å². The number of pyridine rings is 2. The molecule has 7 heteroatoms. The maximum Gasteiger partial charge on any atom is 0.211 e. The van der Waals surface area contributed by atoms with Crippen molar-refractivity contribution >= 4 is 26.6 Å². The van der Waals surface area contributed by atoms with Crippen LogP contribution in [0.4, 0.5) is 5.82 Å². The van der Waals surface area contributed by atoms with Gasteiger partial charge in [-0.3, -0.25) is 4.98 Å². The van der Waals surface area contributed by atoms with Crippen molar-refractivity contribution in [1.82, 2.24) is 14.3 Å². The van der Waals surface area contributed by atoms with Crippen LogP contribution in [0.25, 0.3) is 10.8 Å². The highest BCUT2D eigenvalue weighted by molar-refractivity contribution is 7.88. The molecule has 0 atom stereocenters. The fourth-order valence-corrected chi connectivity index (χ4v) is 5.11. The molecule has 3 heterocycles. The van der Waals surface area contributed by atoms with E-state index in [4.69, 9.17) is 0 Å². The Bertz CT molecular complexity index is 886. The first-order chi connectivity index (χ1) is 12.5. The third kappa shape index (κ3) is 3.69. The standard InChI is InChI=1S/C19H26N4O2S/c1-26(24,25)23-10-7-16(8-11-23)22-18-12-17-15(13-21-18)6-9-20-19(17)14-4-2-3-5-14/h6,9,12-14,16H,2-5,7-8,10-11H2,1H3,(H,21,22). The van der Waals surface area contributed by atoms with Crippen LogP contribution in [0.15, 0.2) is 24.5 Å². The summed E-state index contributed by atoms with van der Waals surface area (Å²) in [6, 6.07) is 4.40. The fraction of sp³-hybridized carbons (Fsp3) is 0.579. The van der Waals surface area contributed by atoms with Crippen molar-refractivity contribution in [1.29, 1.82) is 0 Å². The molecule has 4 rings (SSSR count). The maximum absolute atomic E-state index is 11.6. The Morgan fingerprint density at radius 1 is 1.12 bits per heavy atom. The van der Waals surface area contributed by atoms with Gasteiger partial charge < -0.3 is 5.32 Å².